The third-order valence-corrected chi connectivity index (χ3v) is 5.79. The van der Waals surface area contributed by atoms with Gasteiger partial charge in [-0.1, -0.05) is 91.0 Å². The summed E-state index contributed by atoms with van der Waals surface area (Å²) in [6.07, 6.45) is -1.52. The molecule has 0 saturated heterocycles. The fourth-order valence-corrected chi connectivity index (χ4v) is 3.49. The van der Waals surface area contributed by atoms with Gasteiger partial charge < -0.3 is 25.0 Å². The largest absolute Gasteiger partial charge is 0.459 e. The number of carbonyl (C=O) groups is 3. The Kier molecular flexibility index (Phi) is 11.4. The Labute approximate surface area is 226 Å². The van der Waals surface area contributed by atoms with Gasteiger partial charge in [-0.25, -0.2) is 15.1 Å². The molecule has 0 heterocycles. The van der Waals surface area contributed by atoms with Gasteiger partial charge in [0, 0.05) is 0 Å². The molecule has 3 aromatic carbocycles. The molecule has 0 saturated carbocycles. The first-order valence-electron chi connectivity index (χ1n) is 12.4. The first-order valence-corrected chi connectivity index (χ1v) is 12.4. The van der Waals surface area contributed by atoms with Gasteiger partial charge in [0.15, 0.2) is 5.60 Å². The lowest BCUT2D eigenvalue weighted by atomic mass is 9.95. The van der Waals surface area contributed by atoms with E-state index in [0.29, 0.717) is 0 Å². The van der Waals surface area contributed by atoms with Crippen LogP contribution in [-0.2, 0) is 43.7 Å². The van der Waals surface area contributed by atoms with Crippen molar-refractivity contribution in [1.29, 1.82) is 0 Å². The molecule has 10 nitrogen and oxygen atoms in total. The maximum Gasteiger partial charge on any atom is 0.408 e. The second-order valence-corrected chi connectivity index (χ2v) is 8.79. The molecule has 0 radical (unpaired) electrons. The van der Waals surface area contributed by atoms with Gasteiger partial charge >= 0.3 is 12.1 Å². The number of rotatable bonds is 14. The molecule has 3 rings (SSSR count). The minimum absolute atomic E-state index is 0.0276. The third kappa shape index (κ3) is 9.86. The number of hydroxylamine groups is 1. The Morgan fingerprint density at radius 2 is 1.23 bits per heavy atom. The van der Waals surface area contributed by atoms with Crippen molar-refractivity contribution in [3.8, 4) is 0 Å². The lowest BCUT2D eigenvalue weighted by Gasteiger charge is -2.26. The molecular formula is C29H32N2O8. The molecule has 0 bridgehead atoms. The van der Waals surface area contributed by atoms with Crippen LogP contribution in [0.2, 0.25) is 0 Å². The van der Waals surface area contributed by atoms with Crippen LogP contribution in [0.5, 0.6) is 0 Å². The van der Waals surface area contributed by atoms with Crippen LogP contribution in [0.3, 0.4) is 0 Å². The number of hydrogen-bond donors (Lipinski definition) is 4. The van der Waals surface area contributed by atoms with Crippen molar-refractivity contribution in [2.45, 2.75) is 44.3 Å². The quantitative estimate of drug-likeness (QED) is 0.182. The highest BCUT2D eigenvalue weighted by Gasteiger charge is 2.38. The first kappa shape index (κ1) is 29.3. The van der Waals surface area contributed by atoms with E-state index in [4.69, 9.17) is 14.3 Å². The molecule has 10 heteroatoms. The van der Waals surface area contributed by atoms with Crippen molar-refractivity contribution < 1.29 is 38.9 Å². The molecule has 0 aromatic heterocycles. The fourth-order valence-electron chi connectivity index (χ4n) is 3.49. The molecule has 0 fully saturated rings. The number of carbonyl (C=O) groups excluding carboxylic acids is 3. The van der Waals surface area contributed by atoms with Crippen LogP contribution >= 0.6 is 0 Å². The van der Waals surface area contributed by atoms with E-state index in [1.165, 1.54) is 0 Å². The summed E-state index contributed by atoms with van der Waals surface area (Å²) in [6, 6.07) is 25.7. The molecule has 2 atom stereocenters. The molecule has 2 amide bonds. The molecule has 39 heavy (non-hydrogen) atoms. The van der Waals surface area contributed by atoms with Crippen LogP contribution < -0.4 is 10.8 Å². The number of aliphatic hydroxyl groups is 2. The maximum absolute atomic E-state index is 12.9. The number of nitrogens with one attached hydrogen (secondary N) is 2. The number of ether oxygens (including phenoxy) is 2. The molecule has 3 aromatic rings. The molecule has 0 aliphatic heterocycles. The summed E-state index contributed by atoms with van der Waals surface area (Å²) in [5.74, 6) is -1.79. The van der Waals surface area contributed by atoms with Crippen molar-refractivity contribution in [2.75, 3.05) is 6.61 Å². The Morgan fingerprint density at radius 1 is 0.744 bits per heavy atom. The molecule has 0 aliphatic carbocycles. The summed E-state index contributed by atoms with van der Waals surface area (Å²) >= 11 is 0. The Hall–Kier alpha value is -4.25. The normalized spacial score (nSPS) is 13.0. The van der Waals surface area contributed by atoms with Gasteiger partial charge in [0.05, 0.1) is 13.2 Å². The van der Waals surface area contributed by atoms with Gasteiger partial charge in [-0.2, -0.15) is 0 Å². The fraction of sp³-hybridized carbons (Fsp3) is 0.276. The highest BCUT2D eigenvalue weighted by atomic mass is 16.7. The van der Waals surface area contributed by atoms with Crippen LogP contribution in [0, 0.1) is 0 Å². The predicted molar refractivity (Wildman–Crippen MR) is 140 cm³/mol. The average molecular weight is 537 g/mol. The second-order valence-electron chi connectivity index (χ2n) is 8.79. The standard InChI is InChI=1S/C29H32N2O8/c32-21-29(36,27(34)31-39-20-24-14-8-3-9-15-24)17-16-25(26(33)37-18-22-10-4-1-5-11-22)30-28(35)38-19-23-12-6-2-7-13-23/h1-15,25,32,36H,16-21H2,(H,30,35)(H,31,34)/t25-,29-/m0/s1. The average Bonchev–Trinajstić information content (AvgIpc) is 2.98. The highest BCUT2D eigenvalue weighted by molar-refractivity contribution is 5.85. The van der Waals surface area contributed by atoms with E-state index in [-0.39, 0.29) is 26.2 Å². The summed E-state index contributed by atoms with van der Waals surface area (Å²) in [7, 11) is 0. The predicted octanol–water partition coefficient (Wildman–Crippen LogP) is 2.78. The molecule has 4 N–H and O–H groups in total. The SMILES string of the molecule is O=C(N[C@@H](CC[C@](O)(CO)C(=O)NOCc1ccccc1)C(=O)OCc1ccccc1)OCc1ccccc1. The summed E-state index contributed by atoms with van der Waals surface area (Å²) in [4.78, 5) is 43.1. The zero-order chi connectivity index (χ0) is 27.9. The van der Waals surface area contributed by atoms with Crippen molar-refractivity contribution in [3.63, 3.8) is 0 Å². The topological polar surface area (TPSA) is 143 Å². The Balaban J connectivity index is 1.59. The number of benzene rings is 3. The Morgan fingerprint density at radius 3 is 1.74 bits per heavy atom. The summed E-state index contributed by atoms with van der Waals surface area (Å²) < 4.78 is 10.6. The molecule has 0 unspecified atom stereocenters. The van der Waals surface area contributed by atoms with Gasteiger partial charge in [0.25, 0.3) is 5.91 Å². The van der Waals surface area contributed by atoms with Crippen molar-refractivity contribution in [2.24, 2.45) is 0 Å². The zero-order valence-corrected chi connectivity index (χ0v) is 21.3. The smallest absolute Gasteiger partial charge is 0.408 e. The monoisotopic (exact) mass is 536 g/mol. The second kappa shape index (κ2) is 15.2. The number of alkyl carbamates (subject to hydrolysis) is 1. The maximum atomic E-state index is 12.9. The van der Waals surface area contributed by atoms with E-state index in [9.17, 15) is 24.6 Å². The van der Waals surface area contributed by atoms with Gasteiger partial charge in [0.2, 0.25) is 0 Å². The van der Waals surface area contributed by atoms with Crippen LogP contribution in [-0.4, -0.2) is 46.4 Å². The van der Waals surface area contributed by atoms with E-state index in [1.54, 1.807) is 72.8 Å². The van der Waals surface area contributed by atoms with E-state index < -0.39 is 42.6 Å². The zero-order valence-electron chi connectivity index (χ0n) is 21.3. The molecule has 206 valence electrons. The van der Waals surface area contributed by atoms with Crippen LogP contribution in [0.15, 0.2) is 91.0 Å². The van der Waals surface area contributed by atoms with Gasteiger partial charge in [-0.3, -0.25) is 9.63 Å². The summed E-state index contributed by atoms with van der Waals surface area (Å²) in [6.45, 7) is -0.982. The van der Waals surface area contributed by atoms with Gasteiger partial charge in [-0.15, -0.1) is 0 Å². The van der Waals surface area contributed by atoms with Crippen LogP contribution in [0.4, 0.5) is 4.79 Å². The highest BCUT2D eigenvalue weighted by Crippen LogP contribution is 2.17. The van der Waals surface area contributed by atoms with Gasteiger partial charge in [0.1, 0.15) is 19.3 Å². The molecule has 0 aliphatic rings. The lowest BCUT2D eigenvalue weighted by Crippen LogP contribution is -2.51. The lowest BCUT2D eigenvalue weighted by molar-refractivity contribution is -0.160. The minimum Gasteiger partial charge on any atom is -0.459 e. The van der Waals surface area contributed by atoms with Crippen molar-refractivity contribution in [3.05, 3.63) is 108 Å². The van der Waals surface area contributed by atoms with Crippen LogP contribution in [0.1, 0.15) is 29.5 Å². The third-order valence-electron chi connectivity index (χ3n) is 5.79. The minimum atomic E-state index is -2.29. The summed E-state index contributed by atoms with van der Waals surface area (Å²) in [5, 5.41) is 23.0. The van der Waals surface area contributed by atoms with Crippen molar-refractivity contribution in [1.82, 2.24) is 10.8 Å². The number of aliphatic hydroxyl groups excluding tert-OH is 1. The van der Waals surface area contributed by atoms with Gasteiger partial charge in [-0.05, 0) is 29.5 Å². The van der Waals surface area contributed by atoms with E-state index in [2.05, 4.69) is 10.8 Å². The van der Waals surface area contributed by atoms with E-state index in [0.717, 1.165) is 16.7 Å². The first-order chi connectivity index (χ1) is 18.9. The number of esters is 1. The van der Waals surface area contributed by atoms with E-state index >= 15 is 0 Å². The van der Waals surface area contributed by atoms with Crippen molar-refractivity contribution >= 4 is 18.0 Å². The summed E-state index contributed by atoms with van der Waals surface area (Å²) in [5.41, 5.74) is 2.10. The van der Waals surface area contributed by atoms with E-state index in [1.807, 2.05) is 18.2 Å². The Bertz CT molecular complexity index is 1180. The number of hydrogen-bond acceptors (Lipinski definition) is 8. The molecule has 0 spiro atoms. The van der Waals surface area contributed by atoms with Crippen LogP contribution in [0.25, 0.3) is 0 Å². The molecular weight excluding hydrogens is 504 g/mol. The number of amides is 2.